The van der Waals surface area contributed by atoms with Crippen LogP contribution in [0.4, 0.5) is 21.0 Å². The number of halogens is 2. The number of aryl methyl sites for hydroxylation is 1. The highest BCUT2D eigenvalue weighted by molar-refractivity contribution is 9.10. The fourth-order valence-corrected chi connectivity index (χ4v) is 3.16. The third-order valence-electron chi connectivity index (χ3n) is 3.40. The summed E-state index contributed by atoms with van der Waals surface area (Å²) in [6.07, 6.45) is 2.27. The summed E-state index contributed by atoms with van der Waals surface area (Å²) in [6.45, 7) is 2.03. The summed E-state index contributed by atoms with van der Waals surface area (Å²) in [4.78, 5) is 21.2. The lowest BCUT2D eigenvalue weighted by Crippen LogP contribution is -2.11. The Morgan fingerprint density at radius 1 is 1.28 bits per heavy atom. The molecule has 3 rings (SSSR count). The Morgan fingerprint density at radius 3 is 2.84 bits per heavy atom. The number of anilines is 3. The Hall–Kier alpha value is -2.32. The van der Waals surface area contributed by atoms with Crippen LogP contribution in [0.5, 0.6) is 0 Å². The summed E-state index contributed by atoms with van der Waals surface area (Å²) in [6, 6.07) is 9.87. The van der Waals surface area contributed by atoms with Crippen LogP contribution < -0.4 is 10.6 Å². The zero-order valence-corrected chi connectivity index (χ0v) is 15.6. The zero-order valence-electron chi connectivity index (χ0n) is 13.2. The Morgan fingerprint density at radius 2 is 2.08 bits per heavy atom. The van der Waals surface area contributed by atoms with Gasteiger partial charge in [-0.3, -0.25) is 4.79 Å². The van der Waals surface area contributed by atoms with Crippen LogP contribution in [0, 0.1) is 5.82 Å². The number of para-hydroxylation sites is 1. The maximum absolute atomic E-state index is 13.6. The number of thiazole rings is 1. The van der Waals surface area contributed by atoms with Gasteiger partial charge in [-0.2, -0.15) is 0 Å². The van der Waals surface area contributed by atoms with Crippen LogP contribution >= 0.6 is 27.3 Å². The Kier molecular flexibility index (Phi) is 5.40. The molecule has 128 valence electrons. The summed E-state index contributed by atoms with van der Waals surface area (Å²) in [5.74, 6) is -0.203. The molecular formula is C17H14BrFN4OS. The molecule has 0 unspecified atom stereocenters. The molecular weight excluding hydrogens is 407 g/mol. The molecule has 25 heavy (non-hydrogen) atoms. The molecule has 2 heterocycles. The van der Waals surface area contributed by atoms with Gasteiger partial charge in [-0.1, -0.05) is 36.5 Å². The molecule has 0 aliphatic rings. The normalized spacial score (nSPS) is 10.5. The number of aromatic nitrogens is 2. The van der Waals surface area contributed by atoms with Crippen molar-refractivity contribution in [2.75, 3.05) is 10.6 Å². The Bertz CT molecular complexity index is 915. The molecule has 0 fully saturated rings. The largest absolute Gasteiger partial charge is 0.319 e. The van der Waals surface area contributed by atoms with Gasteiger partial charge in [0.1, 0.15) is 21.1 Å². The fourth-order valence-electron chi connectivity index (χ4n) is 2.14. The number of carbonyl (C=O) groups excluding carboxylic acids is 1. The van der Waals surface area contributed by atoms with Gasteiger partial charge in [0.15, 0.2) is 5.13 Å². The van der Waals surface area contributed by atoms with Crippen LogP contribution in [-0.4, -0.2) is 15.9 Å². The number of rotatable bonds is 5. The number of amides is 1. The maximum Gasteiger partial charge on any atom is 0.267 e. The van der Waals surface area contributed by atoms with Gasteiger partial charge in [-0.15, -0.1) is 0 Å². The average Bonchev–Trinajstić information content (AvgIpc) is 3.06. The van der Waals surface area contributed by atoms with Gasteiger partial charge in [0.05, 0.1) is 11.9 Å². The Balaban J connectivity index is 1.75. The van der Waals surface area contributed by atoms with E-state index in [1.807, 2.05) is 19.1 Å². The SMILES string of the molecule is CCc1ccc(Br)nc1Nc1ncc(C(=O)Nc2ccccc2F)s1. The van der Waals surface area contributed by atoms with E-state index in [0.717, 1.165) is 12.0 Å². The molecule has 0 saturated heterocycles. The lowest BCUT2D eigenvalue weighted by atomic mass is 10.2. The molecule has 0 bridgehead atoms. The van der Waals surface area contributed by atoms with Crippen molar-refractivity contribution in [2.24, 2.45) is 0 Å². The summed E-state index contributed by atoms with van der Waals surface area (Å²) in [5, 5.41) is 6.21. The molecule has 5 nitrogen and oxygen atoms in total. The maximum atomic E-state index is 13.6. The van der Waals surface area contributed by atoms with E-state index in [2.05, 4.69) is 36.5 Å². The molecule has 8 heteroatoms. The van der Waals surface area contributed by atoms with Crippen molar-refractivity contribution in [3.05, 3.63) is 63.5 Å². The minimum Gasteiger partial charge on any atom is -0.319 e. The van der Waals surface area contributed by atoms with Crippen LogP contribution in [0.2, 0.25) is 0 Å². The van der Waals surface area contributed by atoms with Gasteiger partial charge in [-0.05, 0) is 46.1 Å². The first kappa shape index (κ1) is 17.5. The van der Waals surface area contributed by atoms with E-state index in [1.54, 1.807) is 12.1 Å². The average molecular weight is 421 g/mol. The Labute approximate surface area is 156 Å². The smallest absolute Gasteiger partial charge is 0.267 e. The highest BCUT2D eigenvalue weighted by Crippen LogP contribution is 2.26. The third-order valence-corrected chi connectivity index (χ3v) is 4.76. The lowest BCUT2D eigenvalue weighted by molar-refractivity contribution is 0.103. The molecule has 2 aromatic heterocycles. The van der Waals surface area contributed by atoms with Crippen molar-refractivity contribution in [3.8, 4) is 0 Å². The van der Waals surface area contributed by atoms with Gasteiger partial charge in [0.2, 0.25) is 0 Å². The first-order valence-corrected chi connectivity index (χ1v) is 9.12. The molecule has 3 aromatic rings. The van der Waals surface area contributed by atoms with Gasteiger partial charge in [0.25, 0.3) is 5.91 Å². The summed E-state index contributed by atoms with van der Waals surface area (Å²) in [7, 11) is 0. The number of nitrogens with zero attached hydrogens (tertiary/aromatic N) is 2. The number of nitrogens with one attached hydrogen (secondary N) is 2. The summed E-state index contributed by atoms with van der Waals surface area (Å²) >= 11 is 4.52. The van der Waals surface area contributed by atoms with E-state index in [-0.39, 0.29) is 5.69 Å². The van der Waals surface area contributed by atoms with Gasteiger partial charge in [0, 0.05) is 0 Å². The van der Waals surface area contributed by atoms with Crippen LogP contribution in [0.1, 0.15) is 22.2 Å². The topological polar surface area (TPSA) is 66.9 Å². The van der Waals surface area contributed by atoms with Crippen molar-refractivity contribution < 1.29 is 9.18 Å². The standard InChI is InChI=1S/C17H14BrFN4OS/c1-2-10-7-8-14(18)22-15(10)23-17-20-9-13(25-17)16(24)21-12-6-4-3-5-11(12)19/h3-9H,2H2,1H3,(H,21,24)(H,20,22,23). The quantitative estimate of drug-likeness (QED) is 0.570. The van der Waals surface area contributed by atoms with E-state index in [0.29, 0.717) is 20.4 Å². The van der Waals surface area contributed by atoms with Crippen LogP contribution in [-0.2, 0) is 6.42 Å². The zero-order chi connectivity index (χ0) is 17.8. The minimum atomic E-state index is -0.482. The second kappa shape index (κ2) is 7.71. The van der Waals surface area contributed by atoms with Gasteiger partial charge < -0.3 is 10.6 Å². The molecule has 0 atom stereocenters. The summed E-state index contributed by atoms with van der Waals surface area (Å²) in [5.41, 5.74) is 1.17. The molecule has 0 aliphatic heterocycles. The monoisotopic (exact) mass is 420 g/mol. The predicted molar refractivity (Wildman–Crippen MR) is 101 cm³/mol. The number of pyridine rings is 1. The fraction of sp³-hybridized carbons (Fsp3) is 0.118. The van der Waals surface area contributed by atoms with Crippen molar-refractivity contribution in [1.82, 2.24) is 9.97 Å². The number of benzene rings is 1. The molecule has 1 amide bonds. The van der Waals surface area contributed by atoms with E-state index < -0.39 is 11.7 Å². The van der Waals surface area contributed by atoms with E-state index in [4.69, 9.17) is 0 Å². The number of hydrogen-bond donors (Lipinski definition) is 2. The molecule has 0 spiro atoms. The van der Waals surface area contributed by atoms with Crippen molar-refractivity contribution in [2.45, 2.75) is 13.3 Å². The van der Waals surface area contributed by atoms with Crippen LogP contribution in [0.25, 0.3) is 0 Å². The predicted octanol–water partition coefficient (Wildman–Crippen LogP) is 5.00. The molecule has 1 aromatic carbocycles. The van der Waals surface area contributed by atoms with Gasteiger partial charge in [-0.25, -0.2) is 14.4 Å². The number of carbonyl (C=O) groups is 1. The first-order chi connectivity index (χ1) is 12.1. The number of hydrogen-bond acceptors (Lipinski definition) is 5. The highest BCUT2D eigenvalue weighted by Gasteiger charge is 2.14. The second-order valence-electron chi connectivity index (χ2n) is 5.08. The second-order valence-corrected chi connectivity index (χ2v) is 6.93. The van der Waals surface area contributed by atoms with Crippen molar-refractivity contribution in [3.63, 3.8) is 0 Å². The molecule has 0 saturated carbocycles. The van der Waals surface area contributed by atoms with Crippen LogP contribution in [0.3, 0.4) is 0 Å². The van der Waals surface area contributed by atoms with Gasteiger partial charge >= 0.3 is 0 Å². The molecule has 0 radical (unpaired) electrons. The minimum absolute atomic E-state index is 0.136. The summed E-state index contributed by atoms with van der Waals surface area (Å²) < 4.78 is 14.3. The first-order valence-electron chi connectivity index (χ1n) is 7.51. The van der Waals surface area contributed by atoms with Crippen LogP contribution in [0.15, 0.2) is 47.2 Å². The lowest BCUT2D eigenvalue weighted by Gasteiger charge is -2.07. The molecule has 0 aliphatic carbocycles. The van der Waals surface area contributed by atoms with E-state index in [1.165, 1.54) is 29.7 Å². The van der Waals surface area contributed by atoms with Crippen molar-refractivity contribution in [1.29, 1.82) is 0 Å². The molecule has 2 N–H and O–H groups in total. The van der Waals surface area contributed by atoms with Crippen molar-refractivity contribution >= 4 is 49.8 Å². The third kappa shape index (κ3) is 4.21. The van der Waals surface area contributed by atoms with E-state index >= 15 is 0 Å². The highest BCUT2D eigenvalue weighted by atomic mass is 79.9. The van der Waals surface area contributed by atoms with E-state index in [9.17, 15) is 9.18 Å².